The fraction of sp³-hybridized carbons (Fsp3) is 0.600. The minimum absolute atomic E-state index is 0.352. The van der Waals surface area contributed by atoms with E-state index in [1.54, 1.807) is 6.92 Å². The van der Waals surface area contributed by atoms with E-state index in [9.17, 15) is 8.42 Å². The van der Waals surface area contributed by atoms with E-state index in [0.717, 1.165) is 18.2 Å². The molecule has 6 heteroatoms. The molecule has 0 radical (unpaired) electrons. The summed E-state index contributed by atoms with van der Waals surface area (Å²) in [6.07, 6.45) is 2.06. The Bertz CT molecular complexity index is 472. The number of hydrogen-bond acceptors (Lipinski definition) is 5. The first kappa shape index (κ1) is 18.1. The molecule has 0 amide bonds. The second-order valence-corrected chi connectivity index (χ2v) is 6.50. The molecule has 0 aliphatic heterocycles. The Labute approximate surface area is 127 Å². The van der Waals surface area contributed by atoms with Crippen molar-refractivity contribution in [3.8, 4) is 0 Å². The van der Waals surface area contributed by atoms with Crippen LogP contribution < -0.4 is 0 Å². The Morgan fingerprint density at radius 1 is 1.05 bits per heavy atom. The van der Waals surface area contributed by atoms with Crippen molar-refractivity contribution >= 4 is 10.1 Å². The van der Waals surface area contributed by atoms with Crippen LogP contribution in [0.5, 0.6) is 0 Å². The van der Waals surface area contributed by atoms with E-state index < -0.39 is 10.1 Å². The number of benzene rings is 1. The molecule has 1 aromatic carbocycles. The van der Waals surface area contributed by atoms with Gasteiger partial charge in [-0.2, -0.15) is 8.42 Å². The van der Waals surface area contributed by atoms with Crippen LogP contribution >= 0.6 is 0 Å². The maximum absolute atomic E-state index is 10.9. The van der Waals surface area contributed by atoms with Crippen LogP contribution in [-0.2, 0) is 30.4 Å². The van der Waals surface area contributed by atoms with Gasteiger partial charge in [0, 0.05) is 19.8 Å². The van der Waals surface area contributed by atoms with Crippen molar-refractivity contribution in [2.75, 3.05) is 26.1 Å². The zero-order chi connectivity index (χ0) is 15.6. The van der Waals surface area contributed by atoms with Gasteiger partial charge in [-0.15, -0.1) is 0 Å². The van der Waals surface area contributed by atoms with Crippen molar-refractivity contribution in [3.05, 3.63) is 35.9 Å². The summed E-state index contributed by atoms with van der Waals surface area (Å²) in [6.45, 7) is 4.05. The van der Waals surface area contributed by atoms with Crippen LogP contribution in [0.3, 0.4) is 0 Å². The fourth-order valence-corrected chi connectivity index (χ4v) is 2.42. The van der Waals surface area contributed by atoms with E-state index >= 15 is 0 Å². The molecule has 0 aliphatic carbocycles. The van der Waals surface area contributed by atoms with Crippen molar-refractivity contribution in [1.29, 1.82) is 0 Å². The summed E-state index contributed by atoms with van der Waals surface area (Å²) in [5.41, 5.74) is 1.16. The van der Waals surface area contributed by atoms with Crippen molar-refractivity contribution in [2.24, 2.45) is 0 Å². The molecular weight excluding hydrogens is 292 g/mol. The monoisotopic (exact) mass is 316 g/mol. The van der Waals surface area contributed by atoms with Crippen LogP contribution in [-0.4, -0.2) is 40.6 Å². The van der Waals surface area contributed by atoms with Gasteiger partial charge < -0.3 is 9.47 Å². The molecule has 0 saturated heterocycles. The van der Waals surface area contributed by atoms with Gasteiger partial charge in [0.05, 0.1) is 19.0 Å². The average molecular weight is 316 g/mol. The third kappa shape index (κ3) is 10.4. The van der Waals surface area contributed by atoms with E-state index in [1.165, 1.54) is 0 Å². The summed E-state index contributed by atoms with van der Waals surface area (Å²) in [5, 5.41) is 0. The van der Waals surface area contributed by atoms with Crippen molar-refractivity contribution in [3.63, 3.8) is 0 Å². The molecule has 1 atom stereocenters. The number of rotatable bonds is 11. The van der Waals surface area contributed by atoms with Crippen molar-refractivity contribution < 1.29 is 22.1 Å². The highest BCUT2D eigenvalue weighted by Gasteiger charge is 2.09. The summed E-state index contributed by atoms with van der Waals surface area (Å²) < 4.78 is 37.5. The van der Waals surface area contributed by atoms with Gasteiger partial charge in [0.15, 0.2) is 0 Å². The molecule has 0 spiro atoms. The highest BCUT2D eigenvalue weighted by atomic mass is 32.2. The van der Waals surface area contributed by atoms with Crippen LogP contribution in [0, 0.1) is 0 Å². The molecule has 0 saturated carbocycles. The van der Waals surface area contributed by atoms with Crippen LogP contribution in [0.4, 0.5) is 0 Å². The Morgan fingerprint density at radius 3 is 2.38 bits per heavy atom. The zero-order valence-corrected chi connectivity index (χ0v) is 13.5. The Kier molecular flexibility index (Phi) is 8.52. The van der Waals surface area contributed by atoms with Gasteiger partial charge in [-0.05, 0) is 25.3 Å². The van der Waals surface area contributed by atoms with E-state index in [2.05, 4.69) is 0 Å². The van der Waals surface area contributed by atoms with Gasteiger partial charge in [0.25, 0.3) is 10.1 Å². The average Bonchev–Trinajstić information content (AvgIpc) is 2.41. The SMILES string of the molecule is CC(CCOCCCOCc1ccccc1)OS(C)(=O)=O. The van der Waals surface area contributed by atoms with Crippen molar-refractivity contribution in [2.45, 2.75) is 32.5 Å². The van der Waals surface area contributed by atoms with E-state index in [4.69, 9.17) is 13.7 Å². The van der Waals surface area contributed by atoms with Gasteiger partial charge in [-0.3, -0.25) is 4.18 Å². The summed E-state index contributed by atoms with van der Waals surface area (Å²) in [6, 6.07) is 10.0. The lowest BCUT2D eigenvalue weighted by Crippen LogP contribution is -2.16. The summed E-state index contributed by atoms with van der Waals surface area (Å²) in [7, 11) is -3.38. The minimum Gasteiger partial charge on any atom is -0.381 e. The minimum atomic E-state index is -3.38. The highest BCUT2D eigenvalue weighted by molar-refractivity contribution is 7.86. The van der Waals surface area contributed by atoms with Crippen LogP contribution in [0.15, 0.2) is 30.3 Å². The lowest BCUT2D eigenvalue weighted by molar-refractivity contribution is 0.0647. The highest BCUT2D eigenvalue weighted by Crippen LogP contribution is 2.03. The third-order valence-electron chi connectivity index (χ3n) is 2.70. The first-order chi connectivity index (χ1) is 9.97. The molecule has 0 aliphatic rings. The predicted octanol–water partition coefficient (Wildman–Crippen LogP) is 2.36. The normalized spacial score (nSPS) is 13.2. The van der Waals surface area contributed by atoms with Gasteiger partial charge >= 0.3 is 0 Å². The second-order valence-electron chi connectivity index (χ2n) is 4.90. The Morgan fingerprint density at radius 2 is 1.71 bits per heavy atom. The first-order valence-corrected chi connectivity index (χ1v) is 8.86. The van der Waals surface area contributed by atoms with Gasteiger partial charge in [-0.1, -0.05) is 30.3 Å². The Balaban J connectivity index is 1.93. The lowest BCUT2D eigenvalue weighted by atomic mass is 10.2. The topological polar surface area (TPSA) is 61.8 Å². The van der Waals surface area contributed by atoms with E-state index in [0.29, 0.717) is 32.8 Å². The summed E-state index contributed by atoms with van der Waals surface area (Å²) in [4.78, 5) is 0. The molecule has 0 heterocycles. The predicted molar refractivity (Wildman–Crippen MR) is 81.5 cm³/mol. The van der Waals surface area contributed by atoms with Crippen molar-refractivity contribution in [1.82, 2.24) is 0 Å². The second kappa shape index (κ2) is 9.89. The molecule has 0 N–H and O–H groups in total. The molecule has 5 nitrogen and oxygen atoms in total. The summed E-state index contributed by atoms with van der Waals surface area (Å²) >= 11 is 0. The zero-order valence-electron chi connectivity index (χ0n) is 12.7. The number of hydrogen-bond donors (Lipinski definition) is 0. The maximum atomic E-state index is 10.9. The quantitative estimate of drug-likeness (QED) is 0.463. The maximum Gasteiger partial charge on any atom is 0.264 e. The van der Waals surface area contributed by atoms with E-state index in [1.807, 2.05) is 30.3 Å². The molecular formula is C15H24O5S. The standard InChI is InChI=1S/C15H24O5S/c1-14(20-21(2,16)17)9-12-18-10-6-11-19-13-15-7-4-3-5-8-15/h3-5,7-8,14H,6,9-13H2,1-2H3. The number of ether oxygens (including phenoxy) is 2. The molecule has 21 heavy (non-hydrogen) atoms. The first-order valence-electron chi connectivity index (χ1n) is 7.05. The smallest absolute Gasteiger partial charge is 0.264 e. The van der Waals surface area contributed by atoms with Gasteiger partial charge in [0.1, 0.15) is 0 Å². The molecule has 1 aromatic rings. The van der Waals surface area contributed by atoms with Crippen LogP contribution in [0.2, 0.25) is 0 Å². The van der Waals surface area contributed by atoms with Gasteiger partial charge in [0.2, 0.25) is 0 Å². The molecule has 120 valence electrons. The summed E-state index contributed by atoms with van der Waals surface area (Å²) in [5.74, 6) is 0. The van der Waals surface area contributed by atoms with Gasteiger partial charge in [-0.25, -0.2) is 0 Å². The fourth-order valence-electron chi connectivity index (χ4n) is 1.73. The molecule has 0 aromatic heterocycles. The van der Waals surface area contributed by atoms with Crippen LogP contribution in [0.1, 0.15) is 25.3 Å². The molecule has 1 unspecified atom stereocenters. The molecule has 0 bridgehead atoms. The largest absolute Gasteiger partial charge is 0.381 e. The molecule has 1 rings (SSSR count). The Hall–Kier alpha value is -0.950. The molecule has 0 fully saturated rings. The lowest BCUT2D eigenvalue weighted by Gasteiger charge is -2.11. The van der Waals surface area contributed by atoms with E-state index in [-0.39, 0.29) is 6.10 Å². The third-order valence-corrected chi connectivity index (χ3v) is 3.37. The van der Waals surface area contributed by atoms with Crippen LogP contribution in [0.25, 0.3) is 0 Å².